The van der Waals surface area contributed by atoms with Gasteiger partial charge in [-0.1, -0.05) is 43.7 Å². The van der Waals surface area contributed by atoms with Crippen molar-refractivity contribution >= 4 is 27.5 Å². The fraction of sp³-hybridized carbons (Fsp3) is 0.375. The number of rotatable bonds is 14. The number of amides is 2. The van der Waals surface area contributed by atoms with Gasteiger partial charge in [-0.3, -0.25) is 13.9 Å². The third-order valence-corrected chi connectivity index (χ3v) is 8.76. The predicted molar refractivity (Wildman–Crippen MR) is 162 cm³/mol. The van der Waals surface area contributed by atoms with E-state index in [2.05, 4.69) is 5.32 Å². The number of carbonyl (C=O) groups is 2. The molecule has 10 heteroatoms. The number of nitrogens with one attached hydrogen (secondary N) is 1. The first-order valence-corrected chi connectivity index (χ1v) is 15.6. The number of sulfonamides is 1. The second-order valence-corrected chi connectivity index (χ2v) is 12.0. The quantitative estimate of drug-likeness (QED) is 0.267. The molecule has 0 unspecified atom stereocenters. The monoisotopic (exact) mass is 597 g/mol. The molecule has 0 radical (unpaired) electrons. The molecule has 3 aromatic rings. The van der Waals surface area contributed by atoms with E-state index in [1.54, 1.807) is 55.5 Å². The van der Waals surface area contributed by atoms with Crippen LogP contribution in [0.3, 0.4) is 0 Å². The average molecular weight is 598 g/mol. The van der Waals surface area contributed by atoms with E-state index in [9.17, 15) is 22.4 Å². The van der Waals surface area contributed by atoms with E-state index in [-0.39, 0.29) is 29.1 Å². The lowest BCUT2D eigenvalue weighted by Crippen LogP contribution is -2.53. The molecule has 8 nitrogen and oxygen atoms in total. The van der Waals surface area contributed by atoms with Gasteiger partial charge in [0.2, 0.25) is 11.8 Å². The molecule has 0 aromatic heterocycles. The smallest absolute Gasteiger partial charge is 0.264 e. The van der Waals surface area contributed by atoms with Gasteiger partial charge in [0.15, 0.2) is 0 Å². The zero-order valence-corrected chi connectivity index (χ0v) is 25.7. The maximum Gasteiger partial charge on any atom is 0.264 e. The summed E-state index contributed by atoms with van der Waals surface area (Å²) in [6, 6.07) is 17.5. The van der Waals surface area contributed by atoms with Crippen LogP contribution in [-0.2, 0) is 26.2 Å². The maximum atomic E-state index is 14.1. The van der Waals surface area contributed by atoms with Crippen LogP contribution >= 0.6 is 0 Å². The van der Waals surface area contributed by atoms with E-state index in [1.807, 2.05) is 27.7 Å². The summed E-state index contributed by atoms with van der Waals surface area (Å²) < 4.78 is 48.1. The van der Waals surface area contributed by atoms with Crippen LogP contribution in [0.4, 0.5) is 10.1 Å². The number of aryl methyl sites for hydroxylation is 1. The lowest BCUT2D eigenvalue weighted by molar-refractivity contribution is -0.140. The van der Waals surface area contributed by atoms with Crippen molar-refractivity contribution in [3.8, 4) is 5.75 Å². The molecule has 0 spiro atoms. The summed E-state index contributed by atoms with van der Waals surface area (Å²) in [4.78, 5) is 28.8. The van der Waals surface area contributed by atoms with Gasteiger partial charge in [-0.25, -0.2) is 12.8 Å². The SMILES string of the molecule is CCOc1ccc(N(CC(=O)N(Cc2ccc(F)cc2)[C@@H](CC)C(=O)N[C@@H](C)CC)S(=O)(=O)c2ccc(C)cc2)cc1. The Labute approximate surface area is 248 Å². The molecule has 0 aliphatic carbocycles. The molecule has 0 saturated carbocycles. The number of ether oxygens (including phenoxy) is 1. The van der Waals surface area contributed by atoms with E-state index in [0.717, 1.165) is 9.87 Å². The molecule has 0 aliphatic heterocycles. The minimum Gasteiger partial charge on any atom is -0.494 e. The van der Waals surface area contributed by atoms with Gasteiger partial charge in [0.05, 0.1) is 17.2 Å². The van der Waals surface area contributed by atoms with Crippen molar-refractivity contribution in [3.63, 3.8) is 0 Å². The van der Waals surface area contributed by atoms with Crippen LogP contribution < -0.4 is 14.4 Å². The number of halogens is 1. The van der Waals surface area contributed by atoms with Crippen molar-refractivity contribution in [1.29, 1.82) is 0 Å². The van der Waals surface area contributed by atoms with Crippen molar-refractivity contribution in [2.75, 3.05) is 17.5 Å². The zero-order chi connectivity index (χ0) is 30.9. The molecular formula is C32H40FN3O5S. The van der Waals surface area contributed by atoms with E-state index in [1.165, 1.54) is 29.2 Å². The van der Waals surface area contributed by atoms with Crippen LogP contribution in [0.2, 0.25) is 0 Å². The van der Waals surface area contributed by atoms with Crippen molar-refractivity contribution in [2.45, 2.75) is 71.0 Å². The van der Waals surface area contributed by atoms with Crippen LogP contribution in [0.1, 0.15) is 51.7 Å². The Morgan fingerprint density at radius 2 is 1.52 bits per heavy atom. The fourth-order valence-corrected chi connectivity index (χ4v) is 5.80. The summed E-state index contributed by atoms with van der Waals surface area (Å²) in [5, 5.41) is 2.94. The van der Waals surface area contributed by atoms with Gasteiger partial charge in [0.25, 0.3) is 10.0 Å². The summed E-state index contributed by atoms with van der Waals surface area (Å²) in [7, 11) is -4.18. The second kappa shape index (κ2) is 14.8. The van der Waals surface area contributed by atoms with E-state index in [4.69, 9.17) is 4.74 Å². The molecular weight excluding hydrogens is 557 g/mol. The number of benzene rings is 3. The molecule has 0 aliphatic rings. The zero-order valence-electron chi connectivity index (χ0n) is 24.8. The summed E-state index contributed by atoms with van der Waals surface area (Å²) in [6.45, 7) is 9.19. The first-order valence-electron chi connectivity index (χ1n) is 14.2. The minimum absolute atomic E-state index is 0.00670. The Hall–Kier alpha value is -3.92. The molecule has 3 aromatic carbocycles. The first kappa shape index (κ1) is 32.6. The second-order valence-electron chi connectivity index (χ2n) is 10.1. The van der Waals surface area contributed by atoms with Crippen LogP contribution in [-0.4, -0.2) is 50.4 Å². The Bertz CT molecular complexity index is 1430. The molecule has 2 amide bonds. The van der Waals surface area contributed by atoms with Gasteiger partial charge in [-0.15, -0.1) is 0 Å². The topological polar surface area (TPSA) is 96.0 Å². The molecule has 3 rings (SSSR count). The third-order valence-electron chi connectivity index (χ3n) is 6.98. The number of carbonyl (C=O) groups excluding carboxylic acids is 2. The Kier molecular flexibility index (Phi) is 11.5. The lowest BCUT2D eigenvalue weighted by atomic mass is 10.1. The van der Waals surface area contributed by atoms with Gasteiger partial charge in [-0.05, 0) is 87.7 Å². The summed E-state index contributed by atoms with van der Waals surface area (Å²) >= 11 is 0. The van der Waals surface area contributed by atoms with Gasteiger partial charge < -0.3 is 15.0 Å². The summed E-state index contributed by atoms with van der Waals surface area (Å²) in [5.74, 6) is -0.777. The Morgan fingerprint density at radius 1 is 0.905 bits per heavy atom. The highest BCUT2D eigenvalue weighted by molar-refractivity contribution is 7.92. The van der Waals surface area contributed by atoms with E-state index in [0.29, 0.717) is 30.8 Å². The predicted octanol–water partition coefficient (Wildman–Crippen LogP) is 5.45. The highest BCUT2D eigenvalue weighted by Gasteiger charge is 2.34. The van der Waals surface area contributed by atoms with Crippen molar-refractivity contribution in [1.82, 2.24) is 10.2 Å². The van der Waals surface area contributed by atoms with Gasteiger partial charge in [0, 0.05) is 12.6 Å². The van der Waals surface area contributed by atoms with Crippen LogP contribution in [0.25, 0.3) is 0 Å². The Morgan fingerprint density at radius 3 is 2.07 bits per heavy atom. The Balaban J connectivity index is 2.05. The first-order chi connectivity index (χ1) is 20.0. The summed E-state index contributed by atoms with van der Waals surface area (Å²) in [5.41, 5.74) is 1.76. The van der Waals surface area contributed by atoms with Crippen molar-refractivity contribution in [3.05, 3.63) is 89.7 Å². The van der Waals surface area contributed by atoms with Gasteiger partial charge in [-0.2, -0.15) is 0 Å². The molecule has 226 valence electrons. The third kappa shape index (κ3) is 8.31. The number of hydrogen-bond acceptors (Lipinski definition) is 5. The van der Waals surface area contributed by atoms with E-state index < -0.39 is 34.3 Å². The van der Waals surface area contributed by atoms with Crippen LogP contribution in [0.15, 0.2) is 77.7 Å². The standard InChI is InChI=1S/C32H40FN3O5S/c1-6-24(5)34-32(38)30(7-2)35(21-25-11-13-26(33)14-12-25)31(37)22-36(27-15-17-28(18-16-27)41-8-3)42(39,40)29-19-9-23(4)10-20-29/h9-20,24,30H,6-8,21-22H2,1-5H3,(H,34,38)/t24-,30-/m0/s1. The van der Waals surface area contributed by atoms with Crippen LogP contribution in [0.5, 0.6) is 5.75 Å². The molecule has 1 N–H and O–H groups in total. The van der Waals surface area contributed by atoms with Gasteiger partial charge >= 0.3 is 0 Å². The molecule has 0 bridgehead atoms. The molecule has 0 saturated heterocycles. The maximum absolute atomic E-state index is 14.1. The largest absolute Gasteiger partial charge is 0.494 e. The highest BCUT2D eigenvalue weighted by atomic mass is 32.2. The molecule has 0 heterocycles. The fourth-order valence-electron chi connectivity index (χ4n) is 4.39. The van der Waals surface area contributed by atoms with Gasteiger partial charge in [0.1, 0.15) is 24.2 Å². The lowest BCUT2D eigenvalue weighted by Gasteiger charge is -2.33. The highest BCUT2D eigenvalue weighted by Crippen LogP contribution is 2.27. The average Bonchev–Trinajstić information content (AvgIpc) is 2.97. The molecule has 0 fully saturated rings. The molecule has 42 heavy (non-hydrogen) atoms. The van der Waals surface area contributed by atoms with Crippen molar-refractivity contribution in [2.24, 2.45) is 0 Å². The van der Waals surface area contributed by atoms with E-state index >= 15 is 0 Å². The minimum atomic E-state index is -4.18. The van der Waals surface area contributed by atoms with Crippen molar-refractivity contribution < 1.29 is 27.1 Å². The number of anilines is 1. The summed E-state index contributed by atoms with van der Waals surface area (Å²) in [6.07, 6.45) is 0.997. The number of hydrogen-bond donors (Lipinski definition) is 1. The van der Waals surface area contributed by atoms with Crippen LogP contribution in [0, 0.1) is 12.7 Å². The molecule has 2 atom stereocenters. The number of nitrogens with zero attached hydrogens (tertiary/aromatic N) is 2. The normalized spacial score (nSPS) is 12.7.